The summed E-state index contributed by atoms with van der Waals surface area (Å²) >= 11 is 0. The minimum atomic E-state index is -3.84. The smallest absolute Gasteiger partial charge is 0.243 e. The summed E-state index contributed by atoms with van der Waals surface area (Å²) in [6.45, 7) is 3.34. The monoisotopic (exact) mass is 393 g/mol. The first kappa shape index (κ1) is 21.4. The molecule has 0 aliphatic rings. The van der Waals surface area contributed by atoms with Gasteiger partial charge in [0.15, 0.2) is 0 Å². The number of aliphatic hydroxyl groups is 2. The Balaban J connectivity index is 2.11. The molecular formula is C20H27NO5S. The molecule has 0 fully saturated rings. The van der Waals surface area contributed by atoms with E-state index in [9.17, 15) is 18.6 Å². The van der Waals surface area contributed by atoms with Crippen LogP contribution in [0.1, 0.15) is 18.9 Å². The number of nitrogens with zero attached hydrogens (tertiary/aromatic N) is 1. The number of sulfonamides is 1. The van der Waals surface area contributed by atoms with Crippen LogP contribution < -0.4 is 4.74 Å². The third-order valence-corrected chi connectivity index (χ3v) is 5.99. The molecule has 2 atom stereocenters. The Kier molecular flexibility index (Phi) is 7.79. The maximum absolute atomic E-state index is 13.0. The van der Waals surface area contributed by atoms with E-state index in [1.54, 1.807) is 31.2 Å². The van der Waals surface area contributed by atoms with Crippen molar-refractivity contribution in [3.05, 3.63) is 60.2 Å². The molecule has 2 N–H and O–H groups in total. The van der Waals surface area contributed by atoms with Crippen molar-refractivity contribution in [1.82, 2.24) is 4.31 Å². The van der Waals surface area contributed by atoms with Gasteiger partial charge in [-0.1, -0.05) is 42.8 Å². The van der Waals surface area contributed by atoms with Gasteiger partial charge in [0.2, 0.25) is 10.0 Å². The molecule has 27 heavy (non-hydrogen) atoms. The zero-order valence-electron chi connectivity index (χ0n) is 15.7. The molecule has 2 rings (SSSR count). The van der Waals surface area contributed by atoms with Crippen molar-refractivity contribution >= 4 is 10.0 Å². The maximum atomic E-state index is 13.0. The highest BCUT2D eigenvalue weighted by Crippen LogP contribution is 2.18. The maximum Gasteiger partial charge on any atom is 0.243 e. The highest BCUT2D eigenvalue weighted by molar-refractivity contribution is 7.89. The van der Waals surface area contributed by atoms with Gasteiger partial charge >= 0.3 is 0 Å². The normalized spacial score (nSPS) is 14.1. The summed E-state index contributed by atoms with van der Waals surface area (Å²) in [5.41, 5.74) is 0.949. The summed E-state index contributed by atoms with van der Waals surface area (Å²) in [5, 5.41) is 20.3. The minimum absolute atomic E-state index is 0.0495. The standard InChI is InChI=1S/C20H27NO5S/c1-3-17(22)13-21(27(24,25)20-11-9-16(2)10-12-20)14-18(23)15-26-19-7-5-4-6-8-19/h4-12,17-18,22-23H,3,13-15H2,1-2H3/t17-,18+/m1/s1. The van der Waals surface area contributed by atoms with Crippen LogP contribution in [0.3, 0.4) is 0 Å². The number of benzene rings is 2. The topological polar surface area (TPSA) is 87.1 Å². The predicted octanol–water partition coefficient (Wildman–Crippen LogP) is 2.20. The van der Waals surface area contributed by atoms with Crippen molar-refractivity contribution in [3.8, 4) is 5.75 Å². The first-order valence-electron chi connectivity index (χ1n) is 8.93. The zero-order valence-corrected chi connectivity index (χ0v) is 16.5. The van der Waals surface area contributed by atoms with Crippen molar-refractivity contribution in [2.45, 2.75) is 37.4 Å². The fourth-order valence-corrected chi connectivity index (χ4v) is 4.01. The molecule has 2 aromatic rings. The van der Waals surface area contributed by atoms with Gasteiger partial charge in [-0.15, -0.1) is 0 Å². The van der Waals surface area contributed by atoms with Gasteiger partial charge in [0.25, 0.3) is 0 Å². The van der Waals surface area contributed by atoms with Crippen LogP contribution in [0, 0.1) is 6.92 Å². The lowest BCUT2D eigenvalue weighted by molar-refractivity contribution is 0.0736. The number of ether oxygens (including phenoxy) is 1. The Labute approximate surface area is 161 Å². The lowest BCUT2D eigenvalue weighted by Gasteiger charge is -2.26. The van der Waals surface area contributed by atoms with Crippen LogP contribution in [0.25, 0.3) is 0 Å². The summed E-state index contributed by atoms with van der Waals surface area (Å²) in [7, 11) is -3.84. The molecule has 148 valence electrons. The van der Waals surface area contributed by atoms with Gasteiger partial charge in [0.05, 0.1) is 11.0 Å². The molecule has 0 radical (unpaired) electrons. The van der Waals surface area contributed by atoms with E-state index in [1.165, 1.54) is 12.1 Å². The van der Waals surface area contributed by atoms with Gasteiger partial charge in [-0.2, -0.15) is 4.31 Å². The van der Waals surface area contributed by atoms with Crippen LogP contribution >= 0.6 is 0 Å². The third kappa shape index (κ3) is 6.32. The molecule has 0 saturated heterocycles. The summed E-state index contributed by atoms with van der Waals surface area (Å²) < 4.78 is 32.6. The molecule has 2 aromatic carbocycles. The minimum Gasteiger partial charge on any atom is -0.491 e. The van der Waals surface area contributed by atoms with Crippen LogP contribution in [0.4, 0.5) is 0 Å². The van der Waals surface area contributed by atoms with Crippen LogP contribution in [0.15, 0.2) is 59.5 Å². The number of aryl methyl sites for hydroxylation is 1. The van der Waals surface area contributed by atoms with Crippen LogP contribution in [-0.4, -0.2) is 54.8 Å². The number of rotatable bonds is 10. The summed E-state index contributed by atoms with van der Waals surface area (Å²) in [5.74, 6) is 0.595. The number of hydrogen-bond donors (Lipinski definition) is 2. The number of hydrogen-bond acceptors (Lipinski definition) is 5. The zero-order chi connectivity index (χ0) is 19.9. The predicted molar refractivity (Wildman–Crippen MR) is 104 cm³/mol. The van der Waals surface area contributed by atoms with E-state index in [2.05, 4.69) is 0 Å². The van der Waals surface area contributed by atoms with Crippen molar-refractivity contribution in [3.63, 3.8) is 0 Å². The highest BCUT2D eigenvalue weighted by Gasteiger charge is 2.28. The Morgan fingerprint density at radius 3 is 2.15 bits per heavy atom. The molecule has 0 aromatic heterocycles. The van der Waals surface area contributed by atoms with Gasteiger partial charge in [-0.3, -0.25) is 0 Å². The van der Waals surface area contributed by atoms with Gasteiger partial charge < -0.3 is 14.9 Å². The molecule has 0 unspecified atom stereocenters. The molecule has 0 spiro atoms. The molecule has 6 nitrogen and oxygen atoms in total. The second kappa shape index (κ2) is 9.85. The van der Waals surface area contributed by atoms with Crippen molar-refractivity contribution in [2.24, 2.45) is 0 Å². The van der Waals surface area contributed by atoms with Gasteiger partial charge in [-0.05, 0) is 37.6 Å². The molecule has 0 heterocycles. The fourth-order valence-electron chi connectivity index (χ4n) is 2.49. The molecule has 0 saturated carbocycles. The van der Waals surface area contributed by atoms with E-state index in [0.717, 1.165) is 9.87 Å². The quantitative estimate of drug-likeness (QED) is 0.646. The van der Waals surface area contributed by atoms with E-state index >= 15 is 0 Å². The van der Waals surface area contributed by atoms with E-state index in [-0.39, 0.29) is 24.6 Å². The Hall–Kier alpha value is -1.93. The van der Waals surface area contributed by atoms with Crippen LogP contribution in [-0.2, 0) is 10.0 Å². The molecule has 0 amide bonds. The summed E-state index contributed by atoms with van der Waals surface area (Å²) in [6, 6.07) is 15.5. The third-order valence-electron chi connectivity index (χ3n) is 4.14. The van der Waals surface area contributed by atoms with Crippen LogP contribution in [0.5, 0.6) is 5.75 Å². The fraction of sp³-hybridized carbons (Fsp3) is 0.400. The van der Waals surface area contributed by atoms with E-state index < -0.39 is 22.2 Å². The van der Waals surface area contributed by atoms with Crippen molar-refractivity contribution in [1.29, 1.82) is 0 Å². The van der Waals surface area contributed by atoms with Gasteiger partial charge in [-0.25, -0.2) is 8.42 Å². The first-order chi connectivity index (χ1) is 12.8. The number of aliphatic hydroxyl groups excluding tert-OH is 2. The van der Waals surface area contributed by atoms with Gasteiger partial charge in [0, 0.05) is 13.1 Å². The average molecular weight is 394 g/mol. The summed E-state index contributed by atoms with van der Waals surface area (Å²) in [6.07, 6.45) is -1.43. The Morgan fingerprint density at radius 2 is 1.56 bits per heavy atom. The molecule has 7 heteroatoms. The molecular weight excluding hydrogens is 366 g/mol. The SMILES string of the molecule is CC[C@@H](O)CN(C[C@H](O)COc1ccccc1)S(=O)(=O)c1ccc(C)cc1. The molecule has 0 bridgehead atoms. The first-order valence-corrected chi connectivity index (χ1v) is 10.4. The van der Waals surface area contributed by atoms with E-state index in [1.807, 2.05) is 25.1 Å². The largest absolute Gasteiger partial charge is 0.491 e. The highest BCUT2D eigenvalue weighted by atomic mass is 32.2. The molecule has 0 aliphatic heterocycles. The van der Waals surface area contributed by atoms with E-state index in [0.29, 0.717) is 12.2 Å². The Morgan fingerprint density at radius 1 is 0.963 bits per heavy atom. The lowest BCUT2D eigenvalue weighted by Crippen LogP contribution is -2.43. The van der Waals surface area contributed by atoms with Crippen LogP contribution in [0.2, 0.25) is 0 Å². The van der Waals surface area contributed by atoms with Gasteiger partial charge in [0.1, 0.15) is 18.5 Å². The second-order valence-corrected chi connectivity index (χ2v) is 8.41. The molecule has 0 aliphatic carbocycles. The lowest BCUT2D eigenvalue weighted by atomic mass is 10.2. The Bertz CT molecular complexity index is 793. The number of para-hydroxylation sites is 1. The second-order valence-electron chi connectivity index (χ2n) is 6.48. The van der Waals surface area contributed by atoms with E-state index in [4.69, 9.17) is 4.74 Å². The van der Waals surface area contributed by atoms with Crippen molar-refractivity contribution in [2.75, 3.05) is 19.7 Å². The average Bonchev–Trinajstić information content (AvgIpc) is 2.67. The van der Waals surface area contributed by atoms with Crippen molar-refractivity contribution < 1.29 is 23.4 Å². The summed E-state index contributed by atoms with van der Waals surface area (Å²) in [4.78, 5) is 0.132.